The normalized spacial score (nSPS) is 23.0. The molecule has 3 heterocycles. The Bertz CT molecular complexity index is 552. The van der Waals surface area contributed by atoms with Crippen LogP contribution in [0.1, 0.15) is 36.3 Å². The van der Waals surface area contributed by atoms with Gasteiger partial charge in [-0.25, -0.2) is 14.3 Å². The van der Waals surface area contributed by atoms with E-state index in [0.717, 1.165) is 19.5 Å². The standard InChI is InChI=1S/C13H19N5O3/c1-9-3-2-4-16(5-9)13(21)17-6-10(7-17)18-8-11(12(19)20)14-15-18/h8-10H,2-7H2,1H3,(H,19,20). The fourth-order valence-corrected chi connectivity index (χ4v) is 2.90. The van der Waals surface area contributed by atoms with E-state index in [4.69, 9.17) is 5.11 Å². The predicted octanol–water partition coefficient (Wildman–Crippen LogP) is 0.685. The van der Waals surface area contributed by atoms with Crippen LogP contribution in [0.4, 0.5) is 4.79 Å². The number of piperidine rings is 1. The van der Waals surface area contributed by atoms with E-state index in [2.05, 4.69) is 17.2 Å². The number of carboxylic acid groups (broad SMARTS) is 1. The van der Waals surface area contributed by atoms with Crippen molar-refractivity contribution in [1.29, 1.82) is 0 Å². The lowest BCUT2D eigenvalue weighted by Gasteiger charge is -2.43. The van der Waals surface area contributed by atoms with Gasteiger partial charge in [0.05, 0.1) is 12.2 Å². The highest BCUT2D eigenvalue weighted by molar-refractivity contribution is 5.84. The second-order valence-electron chi connectivity index (χ2n) is 5.92. The molecule has 2 aliphatic rings. The van der Waals surface area contributed by atoms with Crippen LogP contribution in [0.3, 0.4) is 0 Å². The third-order valence-electron chi connectivity index (χ3n) is 4.16. The third kappa shape index (κ3) is 2.70. The van der Waals surface area contributed by atoms with Crippen LogP contribution >= 0.6 is 0 Å². The summed E-state index contributed by atoms with van der Waals surface area (Å²) < 4.78 is 1.53. The second-order valence-corrected chi connectivity index (χ2v) is 5.92. The van der Waals surface area contributed by atoms with Gasteiger partial charge >= 0.3 is 12.0 Å². The summed E-state index contributed by atoms with van der Waals surface area (Å²) in [7, 11) is 0. The SMILES string of the molecule is CC1CCCN(C(=O)N2CC(n3cc(C(=O)O)nn3)C2)C1. The molecule has 8 nitrogen and oxygen atoms in total. The number of likely N-dealkylation sites (tertiary alicyclic amines) is 2. The first-order valence-electron chi connectivity index (χ1n) is 7.23. The third-order valence-corrected chi connectivity index (χ3v) is 4.16. The molecule has 0 spiro atoms. The van der Waals surface area contributed by atoms with E-state index in [1.54, 1.807) is 4.90 Å². The number of rotatable bonds is 2. The molecule has 2 amide bonds. The number of amides is 2. The van der Waals surface area contributed by atoms with Gasteiger partial charge in [0.1, 0.15) is 0 Å². The van der Waals surface area contributed by atoms with Gasteiger partial charge in [-0.05, 0) is 18.8 Å². The average molecular weight is 293 g/mol. The number of carboxylic acids is 1. The van der Waals surface area contributed by atoms with Crippen LogP contribution < -0.4 is 0 Å². The summed E-state index contributed by atoms with van der Waals surface area (Å²) in [6.07, 6.45) is 3.66. The topological polar surface area (TPSA) is 91.6 Å². The van der Waals surface area contributed by atoms with E-state index >= 15 is 0 Å². The molecule has 1 unspecified atom stereocenters. The smallest absolute Gasteiger partial charge is 0.358 e. The highest BCUT2D eigenvalue weighted by Gasteiger charge is 2.36. The molecular formula is C13H19N5O3. The van der Waals surface area contributed by atoms with Crippen LogP contribution in [0, 0.1) is 5.92 Å². The van der Waals surface area contributed by atoms with Gasteiger partial charge in [0, 0.05) is 26.2 Å². The lowest BCUT2D eigenvalue weighted by Crippen LogP contribution is -2.56. The maximum Gasteiger partial charge on any atom is 0.358 e. The lowest BCUT2D eigenvalue weighted by molar-refractivity contribution is 0.0688. The summed E-state index contributed by atoms with van der Waals surface area (Å²) in [5, 5.41) is 16.2. The number of aromatic carboxylic acids is 1. The first-order chi connectivity index (χ1) is 10.0. The van der Waals surface area contributed by atoms with Crippen molar-refractivity contribution in [2.75, 3.05) is 26.2 Å². The summed E-state index contributed by atoms with van der Waals surface area (Å²) in [5.41, 5.74) is -0.0652. The molecule has 0 radical (unpaired) electrons. The Kier molecular flexibility index (Phi) is 3.52. The van der Waals surface area contributed by atoms with Crippen LogP contribution in [-0.4, -0.2) is 68.1 Å². The van der Waals surface area contributed by atoms with Gasteiger partial charge in [-0.3, -0.25) is 0 Å². The Morgan fingerprint density at radius 3 is 2.67 bits per heavy atom. The molecule has 8 heteroatoms. The lowest BCUT2D eigenvalue weighted by atomic mass is 10.0. The van der Waals surface area contributed by atoms with Gasteiger partial charge < -0.3 is 14.9 Å². The fourth-order valence-electron chi connectivity index (χ4n) is 2.90. The zero-order chi connectivity index (χ0) is 15.0. The quantitative estimate of drug-likeness (QED) is 0.866. The van der Waals surface area contributed by atoms with Gasteiger partial charge in [0.15, 0.2) is 5.69 Å². The van der Waals surface area contributed by atoms with E-state index in [1.807, 2.05) is 4.90 Å². The fraction of sp³-hybridized carbons (Fsp3) is 0.692. The van der Waals surface area contributed by atoms with Crippen molar-refractivity contribution in [2.45, 2.75) is 25.8 Å². The van der Waals surface area contributed by atoms with Crippen molar-refractivity contribution < 1.29 is 14.7 Å². The number of urea groups is 1. The Balaban J connectivity index is 1.55. The van der Waals surface area contributed by atoms with Crippen molar-refractivity contribution in [3.63, 3.8) is 0 Å². The van der Waals surface area contributed by atoms with Gasteiger partial charge in [-0.1, -0.05) is 12.1 Å². The molecule has 0 bridgehead atoms. The molecule has 114 valence electrons. The molecule has 2 aliphatic heterocycles. The monoisotopic (exact) mass is 293 g/mol. The number of carbonyl (C=O) groups is 2. The van der Waals surface area contributed by atoms with Crippen molar-refractivity contribution in [3.05, 3.63) is 11.9 Å². The molecule has 0 aromatic carbocycles. The molecule has 2 fully saturated rings. The summed E-state index contributed by atoms with van der Waals surface area (Å²) >= 11 is 0. The van der Waals surface area contributed by atoms with E-state index < -0.39 is 5.97 Å². The van der Waals surface area contributed by atoms with Gasteiger partial charge in [0.2, 0.25) is 0 Å². The Morgan fingerprint density at radius 1 is 1.29 bits per heavy atom. The van der Waals surface area contributed by atoms with E-state index in [0.29, 0.717) is 19.0 Å². The van der Waals surface area contributed by atoms with E-state index in [1.165, 1.54) is 17.3 Å². The van der Waals surface area contributed by atoms with Crippen molar-refractivity contribution in [1.82, 2.24) is 24.8 Å². The van der Waals surface area contributed by atoms with Crippen LogP contribution in [0.5, 0.6) is 0 Å². The molecule has 3 rings (SSSR count). The molecule has 2 saturated heterocycles. The molecule has 1 N–H and O–H groups in total. The molecule has 1 atom stereocenters. The molecule has 0 saturated carbocycles. The first-order valence-corrected chi connectivity index (χ1v) is 7.23. The largest absolute Gasteiger partial charge is 0.476 e. The summed E-state index contributed by atoms with van der Waals surface area (Å²) in [6, 6.07) is 0.105. The molecule has 1 aromatic heterocycles. The zero-order valence-corrected chi connectivity index (χ0v) is 12.0. The number of hydrogen-bond donors (Lipinski definition) is 1. The van der Waals surface area contributed by atoms with Crippen LogP contribution in [0.15, 0.2) is 6.20 Å². The second kappa shape index (κ2) is 5.34. The van der Waals surface area contributed by atoms with Crippen molar-refractivity contribution in [3.8, 4) is 0 Å². The van der Waals surface area contributed by atoms with Crippen molar-refractivity contribution >= 4 is 12.0 Å². The van der Waals surface area contributed by atoms with Crippen LogP contribution in [0.2, 0.25) is 0 Å². The number of carbonyl (C=O) groups excluding carboxylic acids is 1. The summed E-state index contributed by atoms with van der Waals surface area (Å²) in [6.45, 7) is 4.95. The maximum absolute atomic E-state index is 12.3. The van der Waals surface area contributed by atoms with E-state index in [-0.39, 0.29) is 17.8 Å². The van der Waals surface area contributed by atoms with Gasteiger partial charge in [-0.15, -0.1) is 5.10 Å². The predicted molar refractivity (Wildman–Crippen MR) is 73.0 cm³/mol. The zero-order valence-electron chi connectivity index (χ0n) is 12.0. The molecule has 1 aromatic rings. The minimum absolute atomic E-state index is 0.0248. The highest BCUT2D eigenvalue weighted by atomic mass is 16.4. The van der Waals surface area contributed by atoms with Gasteiger partial charge in [0.25, 0.3) is 0 Å². The highest BCUT2D eigenvalue weighted by Crippen LogP contribution is 2.24. The maximum atomic E-state index is 12.3. The number of aromatic nitrogens is 3. The van der Waals surface area contributed by atoms with Crippen molar-refractivity contribution in [2.24, 2.45) is 5.92 Å². The minimum atomic E-state index is -1.09. The minimum Gasteiger partial charge on any atom is -0.476 e. The Hall–Kier alpha value is -2.12. The molecule has 0 aliphatic carbocycles. The Morgan fingerprint density at radius 2 is 2.05 bits per heavy atom. The average Bonchev–Trinajstić information content (AvgIpc) is 2.86. The van der Waals surface area contributed by atoms with Crippen LogP contribution in [0.25, 0.3) is 0 Å². The Labute approximate surface area is 122 Å². The molecule has 21 heavy (non-hydrogen) atoms. The van der Waals surface area contributed by atoms with E-state index in [9.17, 15) is 9.59 Å². The van der Waals surface area contributed by atoms with Gasteiger partial charge in [-0.2, -0.15) is 0 Å². The first kappa shape index (κ1) is 13.8. The summed E-state index contributed by atoms with van der Waals surface area (Å²) in [4.78, 5) is 26.8. The summed E-state index contributed by atoms with van der Waals surface area (Å²) in [5.74, 6) is -0.524. The van der Waals surface area contributed by atoms with Crippen LogP contribution in [-0.2, 0) is 0 Å². The number of hydrogen-bond acceptors (Lipinski definition) is 4. The molecular weight excluding hydrogens is 274 g/mol. The number of nitrogens with zero attached hydrogens (tertiary/aromatic N) is 5.